The first-order chi connectivity index (χ1) is 8.63. The summed E-state index contributed by atoms with van der Waals surface area (Å²) in [5.74, 6) is 0.753. The fourth-order valence-electron chi connectivity index (χ4n) is 1.90. The molecular formula is C12H23N3O3. The minimum Gasteiger partial charge on any atom is -0.481 e. The number of aliphatic hydroxyl groups is 1. The monoisotopic (exact) mass is 257 g/mol. The van der Waals surface area contributed by atoms with Gasteiger partial charge < -0.3 is 19.9 Å². The van der Waals surface area contributed by atoms with Crippen LogP contribution in [0.1, 0.15) is 17.7 Å². The zero-order valence-electron chi connectivity index (χ0n) is 11.6. The average Bonchev–Trinajstić information content (AvgIpc) is 2.63. The van der Waals surface area contributed by atoms with E-state index in [0.717, 1.165) is 23.6 Å². The van der Waals surface area contributed by atoms with Crippen molar-refractivity contribution in [2.24, 2.45) is 7.05 Å². The summed E-state index contributed by atoms with van der Waals surface area (Å²) in [6.45, 7) is 3.28. The van der Waals surface area contributed by atoms with Gasteiger partial charge in [0.1, 0.15) is 0 Å². The zero-order chi connectivity index (χ0) is 13.5. The van der Waals surface area contributed by atoms with Gasteiger partial charge in [0, 0.05) is 33.4 Å². The van der Waals surface area contributed by atoms with Gasteiger partial charge in [-0.15, -0.1) is 0 Å². The van der Waals surface area contributed by atoms with E-state index in [2.05, 4.69) is 10.4 Å². The van der Waals surface area contributed by atoms with E-state index in [4.69, 9.17) is 9.47 Å². The van der Waals surface area contributed by atoms with Gasteiger partial charge in [-0.25, -0.2) is 4.68 Å². The van der Waals surface area contributed by atoms with Crippen LogP contribution in [0.5, 0.6) is 5.88 Å². The number of rotatable bonds is 8. The van der Waals surface area contributed by atoms with Gasteiger partial charge in [-0.3, -0.25) is 0 Å². The second kappa shape index (κ2) is 7.35. The number of ether oxygens (including phenoxy) is 2. The quantitative estimate of drug-likeness (QED) is 0.697. The van der Waals surface area contributed by atoms with E-state index in [1.165, 1.54) is 0 Å². The summed E-state index contributed by atoms with van der Waals surface area (Å²) in [4.78, 5) is 0. The molecule has 1 atom stereocenters. The lowest BCUT2D eigenvalue weighted by Crippen LogP contribution is -2.33. The highest BCUT2D eigenvalue weighted by molar-refractivity contribution is 5.30. The highest BCUT2D eigenvalue weighted by atomic mass is 16.5. The maximum atomic E-state index is 9.26. The van der Waals surface area contributed by atoms with Crippen LogP contribution in [0, 0.1) is 6.92 Å². The molecule has 1 aromatic rings. The van der Waals surface area contributed by atoms with E-state index in [0.29, 0.717) is 13.2 Å². The van der Waals surface area contributed by atoms with Gasteiger partial charge in [-0.05, 0) is 13.3 Å². The van der Waals surface area contributed by atoms with Crippen molar-refractivity contribution < 1.29 is 14.6 Å². The Balaban J connectivity index is 2.61. The van der Waals surface area contributed by atoms with Gasteiger partial charge in [0.05, 0.1) is 25.0 Å². The SMILES string of the molecule is COCCC(CO)NCc1c(C)nn(C)c1OC. The molecule has 6 heteroatoms. The summed E-state index contributed by atoms with van der Waals surface area (Å²) < 4.78 is 12.0. The van der Waals surface area contributed by atoms with E-state index in [9.17, 15) is 5.11 Å². The Kier molecular flexibility index (Phi) is 6.11. The molecule has 0 bridgehead atoms. The fourth-order valence-corrected chi connectivity index (χ4v) is 1.90. The number of nitrogens with one attached hydrogen (secondary N) is 1. The van der Waals surface area contributed by atoms with Gasteiger partial charge in [-0.1, -0.05) is 0 Å². The number of hydrogen-bond donors (Lipinski definition) is 2. The van der Waals surface area contributed by atoms with E-state index in [1.807, 2.05) is 14.0 Å². The number of methoxy groups -OCH3 is 2. The Bertz CT molecular complexity index is 366. The summed E-state index contributed by atoms with van der Waals surface area (Å²) >= 11 is 0. The lowest BCUT2D eigenvalue weighted by Gasteiger charge is -2.16. The van der Waals surface area contributed by atoms with Crippen LogP contribution >= 0.6 is 0 Å². The zero-order valence-corrected chi connectivity index (χ0v) is 11.6. The largest absolute Gasteiger partial charge is 0.481 e. The smallest absolute Gasteiger partial charge is 0.216 e. The van der Waals surface area contributed by atoms with Crippen LogP contribution in [0.15, 0.2) is 0 Å². The van der Waals surface area contributed by atoms with Gasteiger partial charge in [0.15, 0.2) is 0 Å². The molecule has 0 fully saturated rings. The van der Waals surface area contributed by atoms with E-state index >= 15 is 0 Å². The summed E-state index contributed by atoms with van der Waals surface area (Å²) in [5, 5.41) is 16.9. The second-order valence-electron chi connectivity index (χ2n) is 4.24. The summed E-state index contributed by atoms with van der Waals surface area (Å²) in [5.41, 5.74) is 1.96. The number of hydrogen-bond acceptors (Lipinski definition) is 5. The van der Waals surface area contributed by atoms with Crippen molar-refractivity contribution in [2.45, 2.75) is 25.9 Å². The maximum Gasteiger partial charge on any atom is 0.216 e. The molecule has 0 saturated heterocycles. The third-order valence-electron chi connectivity index (χ3n) is 2.94. The minimum atomic E-state index is 0.0225. The molecule has 1 heterocycles. The van der Waals surface area contributed by atoms with Gasteiger partial charge in [0.2, 0.25) is 5.88 Å². The Morgan fingerprint density at radius 1 is 1.44 bits per heavy atom. The van der Waals surface area contributed by atoms with E-state index < -0.39 is 0 Å². The highest BCUT2D eigenvalue weighted by Gasteiger charge is 2.15. The molecule has 0 aliphatic carbocycles. The highest BCUT2D eigenvalue weighted by Crippen LogP contribution is 2.20. The molecule has 1 rings (SSSR count). The molecule has 0 aromatic carbocycles. The number of nitrogens with zero attached hydrogens (tertiary/aromatic N) is 2. The predicted molar refractivity (Wildman–Crippen MR) is 68.7 cm³/mol. The molecule has 104 valence electrons. The normalized spacial score (nSPS) is 12.7. The van der Waals surface area contributed by atoms with Crippen molar-refractivity contribution in [1.29, 1.82) is 0 Å². The van der Waals surface area contributed by atoms with Crippen molar-refractivity contribution in [3.05, 3.63) is 11.3 Å². The fraction of sp³-hybridized carbons (Fsp3) is 0.750. The lowest BCUT2D eigenvalue weighted by molar-refractivity contribution is 0.159. The number of aromatic nitrogens is 2. The number of aliphatic hydroxyl groups excluding tert-OH is 1. The van der Waals surface area contributed by atoms with Crippen LogP contribution in [0.2, 0.25) is 0 Å². The predicted octanol–water partition coefficient (Wildman–Crippen LogP) is 0.224. The third-order valence-corrected chi connectivity index (χ3v) is 2.94. The first-order valence-corrected chi connectivity index (χ1v) is 6.03. The molecule has 0 saturated carbocycles. The molecule has 6 nitrogen and oxygen atoms in total. The third kappa shape index (κ3) is 3.69. The molecular weight excluding hydrogens is 234 g/mol. The van der Waals surface area contributed by atoms with Crippen LogP contribution in [0.4, 0.5) is 0 Å². The van der Waals surface area contributed by atoms with Crippen molar-refractivity contribution in [3.63, 3.8) is 0 Å². The van der Waals surface area contributed by atoms with Gasteiger partial charge in [0.25, 0.3) is 0 Å². The molecule has 0 radical (unpaired) electrons. The Morgan fingerprint density at radius 2 is 2.17 bits per heavy atom. The standard InChI is InChI=1S/C12H23N3O3/c1-9-11(12(18-4)15(2)14-9)7-13-10(8-16)5-6-17-3/h10,13,16H,5-8H2,1-4H3. The Hall–Kier alpha value is -1.11. The molecule has 0 aliphatic rings. The van der Waals surface area contributed by atoms with Crippen LogP contribution < -0.4 is 10.1 Å². The second-order valence-corrected chi connectivity index (χ2v) is 4.24. The van der Waals surface area contributed by atoms with Crippen molar-refractivity contribution in [3.8, 4) is 5.88 Å². The van der Waals surface area contributed by atoms with E-state index in [-0.39, 0.29) is 12.6 Å². The molecule has 0 amide bonds. The maximum absolute atomic E-state index is 9.26. The summed E-state index contributed by atoms with van der Waals surface area (Å²) in [6.07, 6.45) is 0.772. The molecule has 18 heavy (non-hydrogen) atoms. The first-order valence-electron chi connectivity index (χ1n) is 6.03. The van der Waals surface area contributed by atoms with Crippen LogP contribution in [0.3, 0.4) is 0 Å². The van der Waals surface area contributed by atoms with Gasteiger partial charge in [-0.2, -0.15) is 5.10 Å². The van der Waals surface area contributed by atoms with Crippen molar-refractivity contribution >= 4 is 0 Å². The molecule has 1 unspecified atom stereocenters. The van der Waals surface area contributed by atoms with Crippen LogP contribution in [0.25, 0.3) is 0 Å². The lowest BCUT2D eigenvalue weighted by atomic mass is 10.2. The van der Waals surface area contributed by atoms with Crippen LogP contribution in [-0.4, -0.2) is 48.4 Å². The topological polar surface area (TPSA) is 68.5 Å². The average molecular weight is 257 g/mol. The first kappa shape index (κ1) is 14.9. The molecule has 0 aliphatic heterocycles. The Morgan fingerprint density at radius 3 is 2.72 bits per heavy atom. The van der Waals surface area contributed by atoms with Gasteiger partial charge >= 0.3 is 0 Å². The van der Waals surface area contributed by atoms with Crippen LogP contribution in [-0.2, 0) is 18.3 Å². The molecule has 0 spiro atoms. The molecule has 2 N–H and O–H groups in total. The van der Waals surface area contributed by atoms with E-state index in [1.54, 1.807) is 18.9 Å². The Labute approximate surface area is 108 Å². The minimum absolute atomic E-state index is 0.0225. The number of aryl methyl sites for hydroxylation is 2. The van der Waals surface area contributed by atoms with Crippen molar-refractivity contribution in [1.82, 2.24) is 15.1 Å². The molecule has 1 aromatic heterocycles. The summed E-state index contributed by atoms with van der Waals surface area (Å²) in [6, 6.07) is 0.0225. The summed E-state index contributed by atoms with van der Waals surface area (Å²) in [7, 11) is 5.14. The van der Waals surface area contributed by atoms with Crippen molar-refractivity contribution in [2.75, 3.05) is 27.4 Å².